The monoisotopic (exact) mass is 277 g/mol. The van der Waals surface area contributed by atoms with Crippen LogP contribution in [0.15, 0.2) is 18.2 Å². The van der Waals surface area contributed by atoms with Gasteiger partial charge >= 0.3 is 12.1 Å². The Balaban J connectivity index is 2.06. The molecule has 20 heavy (non-hydrogen) atoms. The van der Waals surface area contributed by atoms with Crippen LogP contribution in [0.2, 0.25) is 0 Å². The maximum Gasteiger partial charge on any atom is 0.407 e. The molecule has 1 aromatic rings. The van der Waals surface area contributed by atoms with Crippen LogP contribution in [0.1, 0.15) is 25.0 Å². The number of urea groups is 1. The fourth-order valence-electron chi connectivity index (χ4n) is 2.22. The van der Waals surface area contributed by atoms with Crippen molar-refractivity contribution < 1.29 is 14.7 Å². The van der Waals surface area contributed by atoms with E-state index in [0.29, 0.717) is 19.5 Å². The summed E-state index contributed by atoms with van der Waals surface area (Å²) in [5.74, 6) is 0. The van der Waals surface area contributed by atoms with Crippen molar-refractivity contribution in [1.29, 1.82) is 0 Å². The molecule has 0 saturated carbocycles. The Morgan fingerprint density at radius 1 is 1.30 bits per heavy atom. The molecule has 2 rings (SSSR count). The number of hydrogen-bond donors (Lipinski definition) is 3. The van der Waals surface area contributed by atoms with Gasteiger partial charge < -0.3 is 20.6 Å². The summed E-state index contributed by atoms with van der Waals surface area (Å²) >= 11 is 0. The number of hydrogen-bond acceptors (Lipinski definition) is 2. The highest BCUT2D eigenvalue weighted by Crippen LogP contribution is 2.22. The lowest BCUT2D eigenvalue weighted by Crippen LogP contribution is -2.35. The first-order valence-corrected chi connectivity index (χ1v) is 6.63. The van der Waals surface area contributed by atoms with Gasteiger partial charge in [-0.2, -0.15) is 0 Å². The van der Waals surface area contributed by atoms with Gasteiger partial charge in [0.05, 0.1) is 0 Å². The highest BCUT2D eigenvalue weighted by molar-refractivity contribution is 5.89. The van der Waals surface area contributed by atoms with Crippen LogP contribution in [0.5, 0.6) is 0 Å². The van der Waals surface area contributed by atoms with E-state index in [1.807, 2.05) is 26.0 Å². The predicted molar refractivity (Wildman–Crippen MR) is 75.9 cm³/mol. The summed E-state index contributed by atoms with van der Waals surface area (Å²) < 4.78 is 0. The molecule has 0 spiro atoms. The lowest BCUT2D eigenvalue weighted by Gasteiger charge is -2.26. The number of fused-ring (bicyclic) bond motifs is 1. The number of benzene rings is 1. The van der Waals surface area contributed by atoms with Crippen LogP contribution in [-0.2, 0) is 13.0 Å². The van der Waals surface area contributed by atoms with Crippen LogP contribution < -0.4 is 10.6 Å². The molecule has 6 nitrogen and oxygen atoms in total. The Morgan fingerprint density at radius 2 is 2.05 bits per heavy atom. The normalized spacial score (nSPS) is 13.8. The van der Waals surface area contributed by atoms with Crippen LogP contribution in [0, 0.1) is 0 Å². The second-order valence-electron chi connectivity index (χ2n) is 5.19. The molecule has 0 saturated heterocycles. The van der Waals surface area contributed by atoms with Crippen molar-refractivity contribution in [1.82, 2.24) is 10.2 Å². The molecule has 0 atom stereocenters. The summed E-state index contributed by atoms with van der Waals surface area (Å²) in [5.41, 5.74) is 2.81. The third kappa shape index (κ3) is 3.40. The van der Waals surface area contributed by atoms with Gasteiger partial charge in [0.1, 0.15) is 0 Å². The Labute approximate surface area is 117 Å². The van der Waals surface area contributed by atoms with Crippen LogP contribution in [-0.4, -0.2) is 34.7 Å². The zero-order valence-corrected chi connectivity index (χ0v) is 11.6. The van der Waals surface area contributed by atoms with Gasteiger partial charge in [-0.3, -0.25) is 0 Å². The molecule has 0 fully saturated rings. The molecule has 108 valence electrons. The topological polar surface area (TPSA) is 81.7 Å². The Bertz CT molecular complexity index is 528. The van der Waals surface area contributed by atoms with Crippen molar-refractivity contribution in [3.8, 4) is 0 Å². The molecule has 3 amide bonds. The highest BCUT2D eigenvalue weighted by Gasteiger charge is 2.20. The zero-order chi connectivity index (χ0) is 14.7. The maximum absolute atomic E-state index is 11.6. The van der Waals surface area contributed by atoms with Crippen molar-refractivity contribution >= 4 is 17.8 Å². The van der Waals surface area contributed by atoms with Crippen LogP contribution in [0.25, 0.3) is 0 Å². The van der Waals surface area contributed by atoms with Crippen molar-refractivity contribution in [2.75, 3.05) is 11.9 Å². The van der Waals surface area contributed by atoms with Crippen LogP contribution in [0.3, 0.4) is 0 Å². The number of nitrogens with one attached hydrogen (secondary N) is 2. The molecule has 3 N–H and O–H groups in total. The number of amides is 3. The van der Waals surface area contributed by atoms with E-state index in [4.69, 9.17) is 5.11 Å². The molecule has 1 aromatic carbocycles. The number of nitrogens with zero attached hydrogens (tertiary/aromatic N) is 1. The average Bonchev–Trinajstić information content (AvgIpc) is 2.36. The molecule has 0 unspecified atom stereocenters. The van der Waals surface area contributed by atoms with E-state index in [9.17, 15) is 9.59 Å². The van der Waals surface area contributed by atoms with Gasteiger partial charge in [-0.1, -0.05) is 6.07 Å². The van der Waals surface area contributed by atoms with E-state index in [-0.39, 0.29) is 12.1 Å². The third-order valence-corrected chi connectivity index (χ3v) is 3.17. The van der Waals surface area contributed by atoms with Crippen LogP contribution >= 0.6 is 0 Å². The first kappa shape index (κ1) is 14.2. The lowest BCUT2D eigenvalue weighted by atomic mass is 9.99. The molecule has 1 heterocycles. The Hall–Kier alpha value is -2.24. The maximum atomic E-state index is 11.6. The number of anilines is 1. The SMILES string of the molecule is CC(C)NC(=O)Nc1ccc2c(c1)CCN(C(=O)O)C2. The number of rotatable bonds is 2. The molecule has 0 bridgehead atoms. The van der Waals surface area contributed by atoms with Crippen molar-refractivity contribution in [2.24, 2.45) is 0 Å². The van der Waals surface area contributed by atoms with Gasteiger partial charge in [0.15, 0.2) is 0 Å². The van der Waals surface area contributed by atoms with Gasteiger partial charge in [-0.05, 0) is 43.5 Å². The molecule has 1 aliphatic heterocycles. The van der Waals surface area contributed by atoms with Gasteiger partial charge in [-0.25, -0.2) is 9.59 Å². The van der Waals surface area contributed by atoms with Gasteiger partial charge in [-0.15, -0.1) is 0 Å². The molecule has 0 aliphatic carbocycles. The van der Waals surface area contributed by atoms with Crippen molar-refractivity contribution in [3.05, 3.63) is 29.3 Å². The molecule has 0 radical (unpaired) electrons. The summed E-state index contributed by atoms with van der Waals surface area (Å²) in [4.78, 5) is 24.0. The summed E-state index contributed by atoms with van der Waals surface area (Å²) in [7, 11) is 0. The van der Waals surface area contributed by atoms with E-state index >= 15 is 0 Å². The number of carbonyl (C=O) groups excluding carboxylic acids is 1. The fourth-order valence-corrected chi connectivity index (χ4v) is 2.22. The fraction of sp³-hybridized carbons (Fsp3) is 0.429. The quantitative estimate of drug-likeness (QED) is 0.775. The Kier molecular flexibility index (Phi) is 4.12. The van der Waals surface area contributed by atoms with Crippen molar-refractivity contribution in [3.63, 3.8) is 0 Å². The number of carboxylic acid groups (broad SMARTS) is 1. The van der Waals surface area contributed by atoms with E-state index < -0.39 is 6.09 Å². The second-order valence-corrected chi connectivity index (χ2v) is 5.19. The lowest BCUT2D eigenvalue weighted by molar-refractivity contribution is 0.140. The first-order valence-electron chi connectivity index (χ1n) is 6.63. The molecule has 0 aromatic heterocycles. The number of carbonyl (C=O) groups is 2. The van der Waals surface area contributed by atoms with Gasteiger partial charge in [0.25, 0.3) is 0 Å². The minimum absolute atomic E-state index is 0.0803. The summed E-state index contributed by atoms with van der Waals surface area (Å²) in [6, 6.07) is 5.42. The van der Waals surface area contributed by atoms with E-state index in [1.54, 1.807) is 6.07 Å². The minimum atomic E-state index is -0.894. The Morgan fingerprint density at radius 3 is 2.70 bits per heavy atom. The van der Waals surface area contributed by atoms with E-state index in [1.165, 1.54) is 4.90 Å². The van der Waals surface area contributed by atoms with Crippen molar-refractivity contribution in [2.45, 2.75) is 32.9 Å². The summed E-state index contributed by atoms with van der Waals surface area (Å²) in [5, 5.41) is 14.5. The third-order valence-electron chi connectivity index (χ3n) is 3.17. The second kappa shape index (κ2) is 5.81. The smallest absolute Gasteiger partial charge is 0.407 e. The largest absolute Gasteiger partial charge is 0.465 e. The van der Waals surface area contributed by atoms with Crippen LogP contribution in [0.4, 0.5) is 15.3 Å². The van der Waals surface area contributed by atoms with Gasteiger partial charge in [0.2, 0.25) is 0 Å². The summed E-state index contributed by atoms with van der Waals surface area (Å²) in [6.45, 7) is 4.69. The molecule has 6 heteroatoms. The molecule has 1 aliphatic rings. The highest BCUT2D eigenvalue weighted by atomic mass is 16.4. The first-order chi connectivity index (χ1) is 9.45. The average molecular weight is 277 g/mol. The predicted octanol–water partition coefficient (Wildman–Crippen LogP) is 2.25. The van der Waals surface area contributed by atoms with E-state index in [0.717, 1.165) is 16.8 Å². The van der Waals surface area contributed by atoms with E-state index in [2.05, 4.69) is 10.6 Å². The summed E-state index contributed by atoms with van der Waals surface area (Å²) in [6.07, 6.45) is -0.225. The molecular weight excluding hydrogens is 258 g/mol. The standard InChI is InChI=1S/C14H19N3O3/c1-9(2)15-13(18)16-12-4-3-11-8-17(14(19)20)6-5-10(11)7-12/h3-4,7,9H,5-6,8H2,1-2H3,(H,19,20)(H2,15,16,18). The molecular formula is C14H19N3O3. The zero-order valence-electron chi connectivity index (χ0n) is 11.6. The van der Waals surface area contributed by atoms with Gasteiger partial charge in [0, 0.05) is 24.8 Å². The minimum Gasteiger partial charge on any atom is -0.465 e.